The van der Waals surface area contributed by atoms with Crippen LogP contribution in [0.3, 0.4) is 0 Å². The number of carbonyl (C=O) groups excluding carboxylic acids is 2. The van der Waals surface area contributed by atoms with Gasteiger partial charge in [-0.3, -0.25) is 14.5 Å². The molecule has 4 aromatic rings. The Morgan fingerprint density at radius 1 is 1.00 bits per heavy atom. The number of fused-ring (bicyclic) bond motifs is 3. The van der Waals surface area contributed by atoms with Gasteiger partial charge in [0.1, 0.15) is 0 Å². The number of rotatable bonds is 8. The molecule has 5 rings (SSSR count). The Morgan fingerprint density at radius 2 is 1.76 bits per heavy atom. The molecule has 37 heavy (non-hydrogen) atoms. The van der Waals surface area contributed by atoms with Gasteiger partial charge in [-0.15, -0.1) is 0 Å². The molecule has 8 nitrogen and oxygen atoms in total. The van der Waals surface area contributed by atoms with Crippen LogP contribution in [-0.4, -0.2) is 46.3 Å². The molecule has 1 amide bonds. The Hall–Kier alpha value is -4.33. The zero-order chi connectivity index (χ0) is 25.9. The van der Waals surface area contributed by atoms with Crippen molar-refractivity contribution in [1.29, 1.82) is 0 Å². The van der Waals surface area contributed by atoms with Crippen molar-refractivity contribution in [3.63, 3.8) is 0 Å². The molecule has 0 radical (unpaired) electrons. The molecule has 3 aromatic carbocycles. The lowest BCUT2D eigenvalue weighted by atomic mass is 9.89. The number of aromatic hydroxyl groups is 1. The van der Waals surface area contributed by atoms with Crippen molar-refractivity contribution in [2.24, 2.45) is 5.92 Å². The van der Waals surface area contributed by atoms with E-state index in [9.17, 15) is 14.7 Å². The highest BCUT2D eigenvalue weighted by Crippen LogP contribution is 2.43. The van der Waals surface area contributed by atoms with Crippen LogP contribution in [0.1, 0.15) is 31.0 Å². The molecular formula is C29H29N3O5. The molecular weight excluding hydrogens is 470 g/mol. The number of aromatic nitrogens is 2. The Morgan fingerprint density at radius 3 is 2.51 bits per heavy atom. The van der Waals surface area contributed by atoms with E-state index < -0.39 is 17.9 Å². The third kappa shape index (κ3) is 4.50. The standard InChI is InChI=1S/C29H29N3O5/c1-3-36-24-18-20(14-15-23(24)33)26-25(28(35)37-4-2)27(34)31(17-16-19-10-6-5-7-11-19)29-30-21-12-8-9-13-22(21)32(26)29/h5-15,18,25-26,33H,3-4,16-17H2,1-2H3. The lowest BCUT2D eigenvalue weighted by molar-refractivity contribution is -0.153. The van der Waals surface area contributed by atoms with Gasteiger partial charge in [-0.1, -0.05) is 48.5 Å². The summed E-state index contributed by atoms with van der Waals surface area (Å²) in [6, 6.07) is 21.7. The summed E-state index contributed by atoms with van der Waals surface area (Å²) < 4.78 is 13.0. The van der Waals surface area contributed by atoms with Gasteiger partial charge >= 0.3 is 5.97 Å². The summed E-state index contributed by atoms with van der Waals surface area (Å²) in [6.07, 6.45) is 0.601. The number of hydrogen-bond donors (Lipinski definition) is 1. The van der Waals surface area contributed by atoms with Crippen LogP contribution in [-0.2, 0) is 20.7 Å². The number of amides is 1. The minimum absolute atomic E-state index is 0.0133. The van der Waals surface area contributed by atoms with Gasteiger partial charge in [-0.25, -0.2) is 4.98 Å². The third-order valence-corrected chi connectivity index (χ3v) is 6.58. The highest BCUT2D eigenvalue weighted by atomic mass is 16.5. The molecule has 1 aromatic heterocycles. The van der Waals surface area contributed by atoms with E-state index in [4.69, 9.17) is 14.5 Å². The van der Waals surface area contributed by atoms with Gasteiger partial charge in [0.15, 0.2) is 17.4 Å². The van der Waals surface area contributed by atoms with Crippen molar-refractivity contribution < 1.29 is 24.2 Å². The summed E-state index contributed by atoms with van der Waals surface area (Å²) >= 11 is 0. The van der Waals surface area contributed by atoms with E-state index in [0.717, 1.165) is 11.1 Å². The largest absolute Gasteiger partial charge is 0.504 e. The van der Waals surface area contributed by atoms with Gasteiger partial charge < -0.3 is 19.1 Å². The van der Waals surface area contributed by atoms with Crippen LogP contribution in [0, 0.1) is 5.92 Å². The maximum atomic E-state index is 14.1. The molecule has 0 saturated heterocycles. The van der Waals surface area contributed by atoms with Gasteiger partial charge in [0.05, 0.1) is 30.3 Å². The number of ether oxygens (including phenoxy) is 2. The summed E-state index contributed by atoms with van der Waals surface area (Å²) in [5, 5.41) is 10.3. The van der Waals surface area contributed by atoms with Crippen LogP contribution in [0.5, 0.6) is 11.5 Å². The molecule has 8 heteroatoms. The number of benzene rings is 3. The predicted molar refractivity (Wildman–Crippen MR) is 140 cm³/mol. The second kappa shape index (κ2) is 10.3. The number of carbonyl (C=O) groups is 2. The number of esters is 1. The molecule has 2 heterocycles. The number of anilines is 1. The van der Waals surface area contributed by atoms with Crippen molar-refractivity contribution in [1.82, 2.24) is 9.55 Å². The summed E-state index contributed by atoms with van der Waals surface area (Å²) in [5.74, 6) is -1.36. The van der Waals surface area contributed by atoms with E-state index >= 15 is 0 Å². The Kier molecular flexibility index (Phi) is 6.81. The van der Waals surface area contributed by atoms with E-state index in [2.05, 4.69) is 0 Å². The zero-order valence-electron chi connectivity index (χ0n) is 20.8. The molecule has 1 aliphatic rings. The van der Waals surface area contributed by atoms with Crippen molar-refractivity contribution in [2.45, 2.75) is 26.3 Å². The van der Waals surface area contributed by atoms with Crippen molar-refractivity contribution in [2.75, 3.05) is 24.7 Å². The SMILES string of the molecule is CCOC(=O)C1C(=O)N(CCc2ccccc2)c2nc3ccccc3n2C1c1ccc(O)c(OCC)c1. The highest BCUT2D eigenvalue weighted by Gasteiger charge is 2.48. The minimum atomic E-state index is -1.14. The fourth-order valence-corrected chi connectivity index (χ4v) is 4.93. The molecule has 0 spiro atoms. The number of hydrogen-bond acceptors (Lipinski definition) is 6. The normalized spacial score (nSPS) is 17.0. The topological polar surface area (TPSA) is 93.9 Å². The molecule has 1 aliphatic heterocycles. The van der Waals surface area contributed by atoms with Crippen LogP contribution in [0.25, 0.3) is 11.0 Å². The summed E-state index contributed by atoms with van der Waals surface area (Å²) in [5.41, 5.74) is 3.22. The Balaban J connectivity index is 1.69. The lowest BCUT2D eigenvalue weighted by Crippen LogP contribution is -2.50. The zero-order valence-corrected chi connectivity index (χ0v) is 20.8. The van der Waals surface area contributed by atoms with Crippen LogP contribution in [0.2, 0.25) is 0 Å². The molecule has 0 fully saturated rings. The van der Waals surface area contributed by atoms with E-state index in [1.54, 1.807) is 24.0 Å². The van der Waals surface area contributed by atoms with E-state index in [0.29, 0.717) is 36.6 Å². The van der Waals surface area contributed by atoms with Crippen molar-refractivity contribution in [3.05, 3.63) is 83.9 Å². The van der Waals surface area contributed by atoms with Gasteiger partial charge in [0.2, 0.25) is 11.9 Å². The maximum Gasteiger partial charge on any atom is 0.321 e. The van der Waals surface area contributed by atoms with Gasteiger partial charge in [-0.2, -0.15) is 0 Å². The highest BCUT2D eigenvalue weighted by molar-refractivity contribution is 6.08. The molecule has 2 atom stereocenters. The van der Waals surface area contributed by atoms with Crippen LogP contribution in [0.4, 0.5) is 5.95 Å². The molecule has 2 unspecified atom stereocenters. The minimum Gasteiger partial charge on any atom is -0.504 e. The number of imidazole rings is 1. The van der Waals surface area contributed by atoms with Crippen LogP contribution in [0.15, 0.2) is 72.8 Å². The van der Waals surface area contributed by atoms with Crippen molar-refractivity contribution >= 4 is 28.9 Å². The summed E-state index contributed by atoms with van der Waals surface area (Å²) in [6.45, 7) is 4.41. The first kappa shape index (κ1) is 24.4. The number of para-hydroxylation sites is 2. The second-order valence-corrected chi connectivity index (χ2v) is 8.83. The van der Waals surface area contributed by atoms with Crippen LogP contribution < -0.4 is 9.64 Å². The fourth-order valence-electron chi connectivity index (χ4n) is 4.93. The van der Waals surface area contributed by atoms with Crippen molar-refractivity contribution in [3.8, 4) is 11.5 Å². The number of phenols is 1. The molecule has 190 valence electrons. The molecule has 0 bridgehead atoms. The quantitative estimate of drug-likeness (QED) is 0.283. The average Bonchev–Trinajstić information content (AvgIpc) is 3.29. The van der Waals surface area contributed by atoms with Gasteiger partial charge in [0, 0.05) is 6.54 Å². The van der Waals surface area contributed by atoms with Gasteiger partial charge in [0.25, 0.3) is 0 Å². The summed E-state index contributed by atoms with van der Waals surface area (Å²) in [7, 11) is 0. The fraction of sp³-hybridized carbons (Fsp3) is 0.276. The molecule has 0 aliphatic carbocycles. The monoisotopic (exact) mass is 499 g/mol. The number of nitrogens with zero attached hydrogens (tertiary/aromatic N) is 3. The van der Waals surface area contributed by atoms with Crippen LogP contribution >= 0.6 is 0 Å². The summed E-state index contributed by atoms with van der Waals surface area (Å²) in [4.78, 5) is 33.8. The van der Waals surface area contributed by atoms with E-state index in [1.807, 2.05) is 66.1 Å². The Labute approximate surface area is 215 Å². The molecule has 0 saturated carbocycles. The third-order valence-electron chi connectivity index (χ3n) is 6.58. The van der Waals surface area contributed by atoms with E-state index in [1.165, 1.54) is 6.07 Å². The average molecular weight is 500 g/mol. The first-order valence-corrected chi connectivity index (χ1v) is 12.5. The molecule has 1 N–H and O–H groups in total. The predicted octanol–water partition coefficient (Wildman–Crippen LogP) is 4.50. The Bertz CT molecular complexity index is 1430. The smallest absolute Gasteiger partial charge is 0.321 e. The second-order valence-electron chi connectivity index (χ2n) is 8.83. The van der Waals surface area contributed by atoms with Gasteiger partial charge in [-0.05, 0) is 55.7 Å². The number of phenolic OH excluding ortho intramolecular Hbond substituents is 1. The first-order chi connectivity index (χ1) is 18.0. The maximum absolute atomic E-state index is 14.1. The first-order valence-electron chi connectivity index (χ1n) is 12.5. The van der Waals surface area contributed by atoms with E-state index in [-0.39, 0.29) is 24.0 Å². The lowest BCUT2D eigenvalue weighted by Gasteiger charge is -2.38.